The molecule has 2 aromatic rings. The monoisotopic (exact) mass is 252 g/mol. The summed E-state index contributed by atoms with van der Waals surface area (Å²) in [5.41, 5.74) is 0.957. The molecule has 2 rings (SSSR count). The van der Waals surface area contributed by atoms with Gasteiger partial charge in [-0.3, -0.25) is 4.68 Å². The zero-order valence-electron chi connectivity index (χ0n) is 7.61. The van der Waals surface area contributed by atoms with E-state index in [9.17, 15) is 0 Å². The molecule has 72 valence electrons. The van der Waals surface area contributed by atoms with Crippen LogP contribution in [0.2, 0.25) is 0 Å². The molecule has 0 spiro atoms. The molecule has 1 N–H and O–H groups in total. The van der Waals surface area contributed by atoms with Gasteiger partial charge in [0.25, 0.3) is 0 Å². The Morgan fingerprint density at radius 1 is 1.36 bits per heavy atom. The molecule has 0 radical (unpaired) electrons. The predicted octanol–water partition coefficient (Wildman–Crippen LogP) is 2.32. The standard InChI is InChI=1S/C9H9BrN4/c1-14-6-11-9(13-14)12-8-5-3-2-4-7(8)10/h2-6H,1H3,(H,12,13). The summed E-state index contributed by atoms with van der Waals surface area (Å²) in [6.45, 7) is 0. The first-order valence-corrected chi connectivity index (χ1v) is 4.92. The van der Waals surface area contributed by atoms with Crippen molar-refractivity contribution in [2.45, 2.75) is 0 Å². The summed E-state index contributed by atoms with van der Waals surface area (Å²) in [4.78, 5) is 4.07. The van der Waals surface area contributed by atoms with Crippen LogP contribution in [-0.2, 0) is 7.05 Å². The van der Waals surface area contributed by atoms with Gasteiger partial charge in [0.2, 0.25) is 5.95 Å². The first-order valence-electron chi connectivity index (χ1n) is 4.13. The van der Waals surface area contributed by atoms with Crippen molar-refractivity contribution < 1.29 is 0 Å². The van der Waals surface area contributed by atoms with Gasteiger partial charge in [0.05, 0.1) is 5.69 Å². The molecular weight excluding hydrogens is 244 g/mol. The Kier molecular flexibility index (Phi) is 2.49. The Hall–Kier alpha value is -1.36. The first-order chi connectivity index (χ1) is 6.75. The number of hydrogen-bond acceptors (Lipinski definition) is 3. The highest BCUT2D eigenvalue weighted by Gasteiger charge is 2.01. The normalized spacial score (nSPS) is 10.1. The van der Waals surface area contributed by atoms with Gasteiger partial charge in [-0.25, -0.2) is 4.98 Å². The van der Waals surface area contributed by atoms with Gasteiger partial charge in [-0.2, -0.15) is 0 Å². The van der Waals surface area contributed by atoms with E-state index in [0.29, 0.717) is 5.95 Å². The molecule has 14 heavy (non-hydrogen) atoms. The SMILES string of the molecule is Cn1cnc(Nc2ccccc2Br)n1. The summed E-state index contributed by atoms with van der Waals surface area (Å²) in [6.07, 6.45) is 1.65. The second-order valence-corrected chi connectivity index (χ2v) is 3.70. The minimum absolute atomic E-state index is 0.597. The lowest BCUT2D eigenvalue weighted by Crippen LogP contribution is -1.94. The molecular formula is C9H9BrN4. The third-order valence-electron chi connectivity index (χ3n) is 1.72. The summed E-state index contributed by atoms with van der Waals surface area (Å²) < 4.78 is 2.64. The van der Waals surface area contributed by atoms with E-state index < -0.39 is 0 Å². The van der Waals surface area contributed by atoms with Crippen molar-refractivity contribution in [1.29, 1.82) is 0 Å². The maximum atomic E-state index is 4.12. The van der Waals surface area contributed by atoms with Gasteiger partial charge in [-0.15, -0.1) is 5.10 Å². The molecule has 4 nitrogen and oxygen atoms in total. The Morgan fingerprint density at radius 3 is 2.79 bits per heavy atom. The Morgan fingerprint density at radius 2 is 2.14 bits per heavy atom. The fourth-order valence-corrected chi connectivity index (χ4v) is 1.46. The van der Waals surface area contributed by atoms with Crippen LogP contribution < -0.4 is 5.32 Å². The van der Waals surface area contributed by atoms with Crippen LogP contribution in [-0.4, -0.2) is 14.8 Å². The van der Waals surface area contributed by atoms with Crippen LogP contribution in [0.3, 0.4) is 0 Å². The van der Waals surface area contributed by atoms with Crippen molar-refractivity contribution in [3.05, 3.63) is 35.1 Å². The zero-order chi connectivity index (χ0) is 9.97. The largest absolute Gasteiger partial charge is 0.322 e. The molecule has 0 amide bonds. The minimum atomic E-state index is 0.597. The molecule has 0 saturated heterocycles. The highest BCUT2D eigenvalue weighted by Crippen LogP contribution is 2.23. The molecule has 1 heterocycles. The molecule has 1 aromatic carbocycles. The number of nitrogens with one attached hydrogen (secondary N) is 1. The van der Waals surface area contributed by atoms with Gasteiger partial charge in [0.15, 0.2) is 0 Å². The van der Waals surface area contributed by atoms with Crippen LogP contribution in [0.4, 0.5) is 11.6 Å². The summed E-state index contributed by atoms with van der Waals surface area (Å²) in [5.74, 6) is 0.597. The van der Waals surface area contributed by atoms with Gasteiger partial charge >= 0.3 is 0 Å². The molecule has 0 aliphatic heterocycles. The number of benzene rings is 1. The Bertz CT molecular complexity index is 438. The average molecular weight is 253 g/mol. The van der Waals surface area contributed by atoms with Crippen LogP contribution in [0, 0.1) is 0 Å². The van der Waals surface area contributed by atoms with Gasteiger partial charge in [-0.05, 0) is 28.1 Å². The number of anilines is 2. The molecule has 0 saturated carbocycles. The van der Waals surface area contributed by atoms with Gasteiger partial charge in [0.1, 0.15) is 6.33 Å². The zero-order valence-corrected chi connectivity index (χ0v) is 9.19. The average Bonchev–Trinajstić information content (AvgIpc) is 2.56. The third-order valence-corrected chi connectivity index (χ3v) is 2.41. The van der Waals surface area contributed by atoms with E-state index in [4.69, 9.17) is 0 Å². The Balaban J connectivity index is 2.23. The second kappa shape index (κ2) is 3.79. The number of aromatic nitrogens is 3. The van der Waals surface area contributed by atoms with Crippen LogP contribution in [0.25, 0.3) is 0 Å². The van der Waals surface area contributed by atoms with E-state index in [1.807, 2.05) is 31.3 Å². The molecule has 0 bridgehead atoms. The predicted molar refractivity (Wildman–Crippen MR) is 58.4 cm³/mol. The van der Waals surface area contributed by atoms with E-state index >= 15 is 0 Å². The number of para-hydroxylation sites is 1. The molecule has 5 heteroatoms. The van der Waals surface area contributed by atoms with Crippen LogP contribution >= 0.6 is 15.9 Å². The summed E-state index contributed by atoms with van der Waals surface area (Å²) >= 11 is 3.44. The fourth-order valence-electron chi connectivity index (χ4n) is 1.08. The summed E-state index contributed by atoms with van der Waals surface area (Å²) in [5, 5.41) is 7.22. The first kappa shape index (κ1) is 9.21. The second-order valence-electron chi connectivity index (χ2n) is 2.85. The quantitative estimate of drug-likeness (QED) is 0.893. The van der Waals surface area contributed by atoms with Crippen molar-refractivity contribution in [1.82, 2.24) is 14.8 Å². The highest BCUT2D eigenvalue weighted by atomic mass is 79.9. The Labute approximate surface area is 90.1 Å². The van der Waals surface area contributed by atoms with Crippen molar-refractivity contribution in [3.8, 4) is 0 Å². The smallest absolute Gasteiger partial charge is 0.246 e. The van der Waals surface area contributed by atoms with Crippen LogP contribution in [0.5, 0.6) is 0 Å². The molecule has 1 aromatic heterocycles. The minimum Gasteiger partial charge on any atom is -0.322 e. The number of aryl methyl sites for hydroxylation is 1. The maximum absolute atomic E-state index is 4.12. The van der Waals surface area contributed by atoms with E-state index in [1.54, 1.807) is 11.0 Å². The van der Waals surface area contributed by atoms with Crippen LogP contribution in [0.15, 0.2) is 35.1 Å². The molecule has 0 fully saturated rings. The van der Waals surface area contributed by atoms with Crippen molar-refractivity contribution in [3.63, 3.8) is 0 Å². The third kappa shape index (κ3) is 1.93. The lowest BCUT2D eigenvalue weighted by Gasteiger charge is -2.03. The van der Waals surface area contributed by atoms with Gasteiger partial charge in [0, 0.05) is 11.5 Å². The van der Waals surface area contributed by atoms with Gasteiger partial charge in [-0.1, -0.05) is 12.1 Å². The molecule has 0 atom stereocenters. The number of rotatable bonds is 2. The molecule has 0 aliphatic rings. The van der Waals surface area contributed by atoms with Gasteiger partial charge < -0.3 is 5.32 Å². The maximum Gasteiger partial charge on any atom is 0.246 e. The van der Waals surface area contributed by atoms with Crippen molar-refractivity contribution >= 4 is 27.6 Å². The lowest BCUT2D eigenvalue weighted by molar-refractivity contribution is 0.768. The van der Waals surface area contributed by atoms with E-state index in [2.05, 4.69) is 31.3 Å². The van der Waals surface area contributed by atoms with Crippen LogP contribution in [0.1, 0.15) is 0 Å². The topological polar surface area (TPSA) is 42.7 Å². The van der Waals surface area contributed by atoms with E-state index in [-0.39, 0.29) is 0 Å². The summed E-state index contributed by atoms with van der Waals surface area (Å²) in [6, 6.07) is 7.84. The molecule has 0 unspecified atom stereocenters. The molecule has 0 aliphatic carbocycles. The van der Waals surface area contributed by atoms with Crippen molar-refractivity contribution in [2.24, 2.45) is 7.05 Å². The van der Waals surface area contributed by atoms with E-state index in [1.165, 1.54) is 0 Å². The highest BCUT2D eigenvalue weighted by molar-refractivity contribution is 9.10. The number of nitrogens with zero attached hydrogens (tertiary/aromatic N) is 3. The number of hydrogen-bond donors (Lipinski definition) is 1. The fraction of sp³-hybridized carbons (Fsp3) is 0.111. The van der Waals surface area contributed by atoms with E-state index in [0.717, 1.165) is 10.2 Å². The van der Waals surface area contributed by atoms with Crippen molar-refractivity contribution in [2.75, 3.05) is 5.32 Å². The summed E-state index contributed by atoms with van der Waals surface area (Å²) in [7, 11) is 1.83. The lowest BCUT2D eigenvalue weighted by atomic mass is 10.3. The number of halogens is 1.